The highest BCUT2D eigenvalue weighted by atomic mass is 32.2. The van der Waals surface area contributed by atoms with E-state index < -0.39 is 39.9 Å². The summed E-state index contributed by atoms with van der Waals surface area (Å²) in [4.78, 5) is 28.6. The Kier molecular flexibility index (Phi) is 9.27. The molecule has 0 aromatic heterocycles. The number of benzene rings is 3. The molecular weight excluding hydrogens is 505 g/mol. The van der Waals surface area contributed by atoms with E-state index in [1.165, 1.54) is 29.2 Å². The molecule has 0 bridgehead atoms. The maximum atomic E-state index is 13.9. The largest absolute Gasteiger partial charge is 0.350 e. The second kappa shape index (κ2) is 12.2. The van der Waals surface area contributed by atoms with Crippen molar-refractivity contribution in [3.8, 4) is 0 Å². The average Bonchev–Trinajstić information content (AvgIpc) is 2.87. The predicted octanol–water partition coefficient (Wildman–Crippen LogP) is 4.74. The molecule has 7 nitrogen and oxygen atoms in total. The van der Waals surface area contributed by atoms with Gasteiger partial charge in [-0.2, -0.15) is 0 Å². The second-order valence-electron chi connectivity index (χ2n) is 9.97. The molecule has 0 heterocycles. The second-order valence-corrected chi connectivity index (χ2v) is 11.8. The highest BCUT2D eigenvalue weighted by molar-refractivity contribution is 7.92. The number of hydrogen-bond acceptors (Lipinski definition) is 4. The Hall–Kier alpha value is -3.72. The van der Waals surface area contributed by atoms with E-state index in [1.54, 1.807) is 25.1 Å². The number of rotatable bonds is 10. The predicted molar refractivity (Wildman–Crippen MR) is 146 cm³/mol. The van der Waals surface area contributed by atoms with E-state index in [0.717, 1.165) is 22.0 Å². The van der Waals surface area contributed by atoms with Crippen LogP contribution in [0.5, 0.6) is 0 Å². The van der Waals surface area contributed by atoms with Gasteiger partial charge >= 0.3 is 0 Å². The van der Waals surface area contributed by atoms with Crippen molar-refractivity contribution in [3.05, 3.63) is 96.3 Å². The number of nitrogens with one attached hydrogen (secondary N) is 1. The molecule has 0 saturated carbocycles. The smallest absolute Gasteiger partial charge is 0.264 e. The number of halogens is 1. The topological polar surface area (TPSA) is 86.8 Å². The molecule has 0 unspecified atom stereocenters. The zero-order chi connectivity index (χ0) is 27.9. The number of sulfonamides is 1. The van der Waals surface area contributed by atoms with Gasteiger partial charge in [0.15, 0.2) is 0 Å². The van der Waals surface area contributed by atoms with Crippen molar-refractivity contribution in [2.24, 2.45) is 0 Å². The first kappa shape index (κ1) is 28.8. The molecule has 202 valence electrons. The first-order valence-corrected chi connectivity index (χ1v) is 13.8. The summed E-state index contributed by atoms with van der Waals surface area (Å²) < 4.78 is 42.0. The van der Waals surface area contributed by atoms with Crippen LogP contribution in [0.3, 0.4) is 0 Å². The van der Waals surface area contributed by atoms with E-state index in [1.807, 2.05) is 51.1 Å². The van der Waals surface area contributed by atoms with Gasteiger partial charge in [0.1, 0.15) is 18.4 Å². The third kappa shape index (κ3) is 7.41. The molecule has 0 aliphatic heterocycles. The van der Waals surface area contributed by atoms with Crippen molar-refractivity contribution in [3.63, 3.8) is 0 Å². The van der Waals surface area contributed by atoms with Gasteiger partial charge in [0, 0.05) is 12.1 Å². The SMILES string of the molecule is CC[C@@H](C(=O)NC(C)(C)C)N(Cc1ccccc1)C(=O)CN(c1ccc(F)cc1)S(=O)(=O)c1ccccc1. The summed E-state index contributed by atoms with van der Waals surface area (Å²) in [5.41, 5.74) is 0.403. The summed E-state index contributed by atoms with van der Waals surface area (Å²) in [6.07, 6.45) is 0.322. The minimum Gasteiger partial charge on any atom is -0.350 e. The quantitative estimate of drug-likeness (QED) is 0.403. The number of amides is 2. The normalized spacial score (nSPS) is 12.4. The molecule has 3 aromatic rings. The fourth-order valence-corrected chi connectivity index (χ4v) is 5.44. The molecule has 38 heavy (non-hydrogen) atoms. The van der Waals surface area contributed by atoms with Crippen molar-refractivity contribution in [2.75, 3.05) is 10.8 Å². The summed E-state index contributed by atoms with van der Waals surface area (Å²) in [7, 11) is -4.19. The number of carbonyl (C=O) groups excluding carboxylic acids is 2. The number of hydrogen-bond donors (Lipinski definition) is 1. The molecule has 1 atom stereocenters. The molecule has 0 spiro atoms. The molecular formula is C29H34FN3O4S. The first-order valence-electron chi connectivity index (χ1n) is 12.4. The Morgan fingerprint density at radius 2 is 1.45 bits per heavy atom. The fraction of sp³-hybridized carbons (Fsp3) is 0.310. The van der Waals surface area contributed by atoms with Crippen LogP contribution in [0.2, 0.25) is 0 Å². The Balaban J connectivity index is 2.04. The van der Waals surface area contributed by atoms with Crippen molar-refractivity contribution in [1.82, 2.24) is 10.2 Å². The Morgan fingerprint density at radius 1 is 0.895 bits per heavy atom. The maximum Gasteiger partial charge on any atom is 0.264 e. The standard InChI is InChI=1S/C29H34FN3O4S/c1-5-26(28(35)31-29(2,3)4)32(20-22-12-8-6-9-13-22)27(34)21-33(24-18-16-23(30)17-19-24)38(36,37)25-14-10-7-11-15-25/h6-19,26H,5,20-21H2,1-4H3,(H,31,35)/t26-/m0/s1. The molecule has 3 rings (SSSR count). The van der Waals surface area contributed by atoms with Gasteiger partial charge in [-0.05, 0) is 69.2 Å². The summed E-state index contributed by atoms with van der Waals surface area (Å²) >= 11 is 0. The van der Waals surface area contributed by atoms with Gasteiger partial charge in [-0.3, -0.25) is 13.9 Å². The lowest BCUT2D eigenvalue weighted by atomic mass is 10.1. The molecule has 3 aromatic carbocycles. The van der Waals surface area contributed by atoms with E-state index >= 15 is 0 Å². The summed E-state index contributed by atoms with van der Waals surface area (Å²) in [5.74, 6) is -1.43. The number of carbonyl (C=O) groups is 2. The Morgan fingerprint density at radius 3 is 1.97 bits per heavy atom. The van der Waals surface area contributed by atoms with Crippen molar-refractivity contribution >= 4 is 27.5 Å². The van der Waals surface area contributed by atoms with E-state index in [4.69, 9.17) is 0 Å². The summed E-state index contributed by atoms with van der Waals surface area (Å²) in [6, 6.07) is 21.0. The molecule has 0 aliphatic rings. The van der Waals surface area contributed by atoms with Gasteiger partial charge in [0.2, 0.25) is 11.8 Å². The van der Waals surface area contributed by atoms with E-state index in [-0.39, 0.29) is 23.0 Å². The van der Waals surface area contributed by atoms with Crippen LogP contribution >= 0.6 is 0 Å². The molecule has 9 heteroatoms. The number of anilines is 1. The van der Waals surface area contributed by atoms with E-state index in [2.05, 4.69) is 5.32 Å². The van der Waals surface area contributed by atoms with Crippen molar-refractivity contribution in [1.29, 1.82) is 0 Å². The van der Waals surface area contributed by atoms with Crippen molar-refractivity contribution < 1.29 is 22.4 Å². The monoisotopic (exact) mass is 539 g/mol. The van der Waals surface area contributed by atoms with Crippen LogP contribution < -0.4 is 9.62 Å². The number of nitrogens with zero attached hydrogens (tertiary/aromatic N) is 2. The lowest BCUT2D eigenvalue weighted by Crippen LogP contribution is -2.55. The Bertz CT molecular complexity index is 1330. The highest BCUT2D eigenvalue weighted by Gasteiger charge is 2.34. The molecule has 0 fully saturated rings. The van der Waals surface area contributed by atoms with E-state index in [0.29, 0.717) is 6.42 Å². The lowest BCUT2D eigenvalue weighted by Gasteiger charge is -2.34. The lowest BCUT2D eigenvalue weighted by molar-refractivity contribution is -0.141. The first-order chi connectivity index (χ1) is 17.9. The minimum atomic E-state index is -4.19. The van der Waals surface area contributed by atoms with Crippen LogP contribution in [0, 0.1) is 5.82 Å². The van der Waals surface area contributed by atoms with Crippen LogP contribution in [0.4, 0.5) is 10.1 Å². The van der Waals surface area contributed by atoms with Gasteiger partial charge in [0.05, 0.1) is 10.6 Å². The van der Waals surface area contributed by atoms with Crippen LogP contribution in [0.25, 0.3) is 0 Å². The highest BCUT2D eigenvalue weighted by Crippen LogP contribution is 2.25. The van der Waals surface area contributed by atoms with Gasteiger partial charge in [-0.15, -0.1) is 0 Å². The molecule has 0 saturated heterocycles. The fourth-order valence-electron chi connectivity index (χ4n) is 4.01. The molecule has 0 aliphatic carbocycles. The summed E-state index contributed by atoms with van der Waals surface area (Å²) in [6.45, 7) is 6.89. The van der Waals surface area contributed by atoms with Crippen LogP contribution in [0.15, 0.2) is 89.8 Å². The zero-order valence-corrected chi connectivity index (χ0v) is 22.9. The van der Waals surface area contributed by atoms with Gasteiger partial charge in [-0.1, -0.05) is 55.5 Å². The molecule has 2 amide bonds. The van der Waals surface area contributed by atoms with Crippen LogP contribution in [-0.4, -0.2) is 43.3 Å². The van der Waals surface area contributed by atoms with E-state index in [9.17, 15) is 22.4 Å². The minimum absolute atomic E-state index is 0.00995. The van der Waals surface area contributed by atoms with Gasteiger partial charge in [0.25, 0.3) is 10.0 Å². The van der Waals surface area contributed by atoms with Gasteiger partial charge in [-0.25, -0.2) is 12.8 Å². The average molecular weight is 540 g/mol. The molecule has 0 radical (unpaired) electrons. The third-order valence-electron chi connectivity index (χ3n) is 5.80. The van der Waals surface area contributed by atoms with Gasteiger partial charge < -0.3 is 10.2 Å². The Labute approximate surface area is 224 Å². The molecule has 1 N–H and O–H groups in total. The maximum absolute atomic E-state index is 13.9. The zero-order valence-electron chi connectivity index (χ0n) is 22.1. The van der Waals surface area contributed by atoms with Crippen molar-refractivity contribution in [2.45, 2.75) is 57.1 Å². The summed E-state index contributed by atoms with van der Waals surface area (Å²) in [5, 5.41) is 2.93. The van der Waals surface area contributed by atoms with Crippen LogP contribution in [-0.2, 0) is 26.2 Å². The third-order valence-corrected chi connectivity index (χ3v) is 7.59. The van der Waals surface area contributed by atoms with Crippen LogP contribution in [0.1, 0.15) is 39.7 Å².